The fraction of sp³-hybridized carbons (Fsp3) is 0.211. The minimum absolute atomic E-state index is 0.0759. The highest BCUT2D eigenvalue weighted by molar-refractivity contribution is 6.30. The normalized spacial score (nSPS) is 16.4. The molecular formula is C19H17ClN2O4. The molecule has 2 aromatic rings. The fourth-order valence-electron chi connectivity index (χ4n) is 2.71. The second-order valence-corrected chi connectivity index (χ2v) is 6.34. The van der Waals surface area contributed by atoms with Gasteiger partial charge in [-0.2, -0.15) is 0 Å². The summed E-state index contributed by atoms with van der Waals surface area (Å²) < 4.78 is 5.06. The molecule has 0 unspecified atom stereocenters. The molecule has 2 amide bonds. The zero-order valence-electron chi connectivity index (χ0n) is 13.9. The zero-order chi connectivity index (χ0) is 18.5. The first-order chi connectivity index (χ1) is 12.5. The van der Waals surface area contributed by atoms with Crippen LogP contribution in [0.5, 0.6) is 0 Å². The number of rotatable bonds is 5. The summed E-state index contributed by atoms with van der Waals surface area (Å²) >= 11 is 5.78. The van der Waals surface area contributed by atoms with Crippen molar-refractivity contribution in [2.45, 2.75) is 6.42 Å². The van der Waals surface area contributed by atoms with Crippen molar-refractivity contribution in [3.8, 4) is 0 Å². The van der Waals surface area contributed by atoms with Gasteiger partial charge in [-0.3, -0.25) is 14.4 Å². The van der Waals surface area contributed by atoms with E-state index in [1.54, 1.807) is 29.2 Å². The highest BCUT2D eigenvalue weighted by Crippen LogP contribution is 2.25. The van der Waals surface area contributed by atoms with Gasteiger partial charge in [-0.05, 0) is 36.4 Å². The summed E-state index contributed by atoms with van der Waals surface area (Å²) in [5.41, 5.74) is 1.30. The molecule has 26 heavy (non-hydrogen) atoms. The van der Waals surface area contributed by atoms with Gasteiger partial charge in [0.2, 0.25) is 5.91 Å². The Bertz CT molecular complexity index is 808. The predicted octanol–water partition coefficient (Wildman–Crippen LogP) is 2.87. The number of halogens is 1. The van der Waals surface area contributed by atoms with Crippen molar-refractivity contribution in [2.24, 2.45) is 5.92 Å². The number of esters is 1. The van der Waals surface area contributed by atoms with Gasteiger partial charge in [0.05, 0.1) is 5.92 Å². The number of hydrogen-bond donors (Lipinski definition) is 1. The van der Waals surface area contributed by atoms with E-state index < -0.39 is 24.4 Å². The molecule has 1 aliphatic heterocycles. The highest BCUT2D eigenvalue weighted by Gasteiger charge is 2.36. The molecule has 0 radical (unpaired) electrons. The third-order valence-corrected chi connectivity index (χ3v) is 4.25. The van der Waals surface area contributed by atoms with Crippen molar-refractivity contribution in [2.75, 3.05) is 23.4 Å². The maximum Gasteiger partial charge on any atom is 0.311 e. The summed E-state index contributed by atoms with van der Waals surface area (Å²) in [6, 6.07) is 15.7. The maximum atomic E-state index is 12.2. The van der Waals surface area contributed by atoms with Crippen LogP contribution in [0.4, 0.5) is 11.4 Å². The van der Waals surface area contributed by atoms with Gasteiger partial charge < -0.3 is 15.0 Å². The van der Waals surface area contributed by atoms with Crippen molar-refractivity contribution in [1.29, 1.82) is 0 Å². The van der Waals surface area contributed by atoms with Crippen LogP contribution in [0, 0.1) is 5.92 Å². The van der Waals surface area contributed by atoms with Gasteiger partial charge >= 0.3 is 5.97 Å². The molecular weight excluding hydrogens is 356 g/mol. The van der Waals surface area contributed by atoms with Gasteiger partial charge in [-0.15, -0.1) is 0 Å². The first-order valence-electron chi connectivity index (χ1n) is 8.10. The summed E-state index contributed by atoms with van der Waals surface area (Å²) in [4.78, 5) is 37.7. The molecule has 0 bridgehead atoms. The lowest BCUT2D eigenvalue weighted by Gasteiger charge is -2.16. The Morgan fingerprint density at radius 1 is 1.12 bits per heavy atom. The van der Waals surface area contributed by atoms with Crippen molar-refractivity contribution in [3.05, 3.63) is 59.6 Å². The molecule has 1 atom stereocenters. The Hall–Kier alpha value is -2.86. The number of benzene rings is 2. The zero-order valence-corrected chi connectivity index (χ0v) is 14.6. The molecule has 3 rings (SSSR count). The van der Waals surface area contributed by atoms with Crippen LogP contribution in [0.3, 0.4) is 0 Å². The number of carbonyl (C=O) groups excluding carboxylic acids is 3. The minimum Gasteiger partial charge on any atom is -0.455 e. The highest BCUT2D eigenvalue weighted by atomic mass is 35.5. The lowest BCUT2D eigenvalue weighted by molar-refractivity contribution is -0.151. The van der Waals surface area contributed by atoms with Gasteiger partial charge in [0.1, 0.15) is 0 Å². The maximum absolute atomic E-state index is 12.2. The molecule has 1 saturated heterocycles. The van der Waals surface area contributed by atoms with E-state index in [-0.39, 0.29) is 18.9 Å². The summed E-state index contributed by atoms with van der Waals surface area (Å²) in [6.07, 6.45) is 0.0759. The number of nitrogens with one attached hydrogen (secondary N) is 1. The molecule has 0 spiro atoms. The number of anilines is 2. The summed E-state index contributed by atoms with van der Waals surface area (Å²) in [5, 5.41) is 3.16. The van der Waals surface area contributed by atoms with Crippen LogP contribution >= 0.6 is 11.6 Å². The van der Waals surface area contributed by atoms with Gasteiger partial charge in [0, 0.05) is 29.4 Å². The van der Waals surface area contributed by atoms with E-state index in [2.05, 4.69) is 5.32 Å². The Morgan fingerprint density at radius 2 is 1.81 bits per heavy atom. The molecule has 1 fully saturated rings. The number of amides is 2. The molecule has 1 N–H and O–H groups in total. The van der Waals surface area contributed by atoms with E-state index in [0.717, 1.165) is 5.69 Å². The van der Waals surface area contributed by atoms with E-state index >= 15 is 0 Å². The number of ether oxygens (including phenoxy) is 1. The fourth-order valence-corrected chi connectivity index (χ4v) is 2.83. The van der Waals surface area contributed by atoms with Crippen LogP contribution in [0.25, 0.3) is 0 Å². The Labute approximate surface area is 155 Å². The molecule has 0 saturated carbocycles. The Balaban J connectivity index is 1.50. The predicted molar refractivity (Wildman–Crippen MR) is 97.9 cm³/mol. The quantitative estimate of drug-likeness (QED) is 0.819. The molecule has 2 aromatic carbocycles. The largest absolute Gasteiger partial charge is 0.455 e. The van der Waals surface area contributed by atoms with E-state index in [1.165, 1.54) is 0 Å². The third kappa shape index (κ3) is 4.40. The second-order valence-electron chi connectivity index (χ2n) is 5.90. The Kier molecular flexibility index (Phi) is 5.53. The average Bonchev–Trinajstić information content (AvgIpc) is 3.04. The first kappa shape index (κ1) is 17.9. The molecule has 1 heterocycles. The summed E-state index contributed by atoms with van der Waals surface area (Å²) in [5.74, 6) is -1.72. The topological polar surface area (TPSA) is 75.7 Å². The van der Waals surface area contributed by atoms with Crippen LogP contribution in [-0.2, 0) is 19.1 Å². The van der Waals surface area contributed by atoms with Crippen LogP contribution in [0.15, 0.2) is 54.6 Å². The van der Waals surface area contributed by atoms with Gasteiger partial charge in [-0.25, -0.2) is 0 Å². The molecule has 0 aliphatic carbocycles. The minimum atomic E-state index is -0.578. The lowest BCUT2D eigenvalue weighted by Crippen LogP contribution is -2.28. The number of nitrogens with zero attached hydrogens (tertiary/aromatic N) is 1. The van der Waals surface area contributed by atoms with Gasteiger partial charge in [0.15, 0.2) is 6.61 Å². The number of carbonyl (C=O) groups is 3. The SMILES string of the molecule is O=C(COC(=O)[C@H]1CC(=O)N(c2ccccc2)C1)Nc1ccc(Cl)cc1. The average molecular weight is 373 g/mol. The van der Waals surface area contributed by atoms with E-state index in [1.807, 2.05) is 30.3 Å². The van der Waals surface area contributed by atoms with Crippen molar-refractivity contribution >= 4 is 40.8 Å². The van der Waals surface area contributed by atoms with Gasteiger partial charge in [0.25, 0.3) is 5.91 Å². The number of para-hydroxylation sites is 1. The van der Waals surface area contributed by atoms with E-state index in [4.69, 9.17) is 16.3 Å². The van der Waals surface area contributed by atoms with Gasteiger partial charge in [-0.1, -0.05) is 29.8 Å². The van der Waals surface area contributed by atoms with Crippen LogP contribution in [-0.4, -0.2) is 30.9 Å². The first-order valence-corrected chi connectivity index (χ1v) is 8.48. The Morgan fingerprint density at radius 3 is 2.50 bits per heavy atom. The summed E-state index contributed by atoms with van der Waals surface area (Å²) in [6.45, 7) is -0.155. The second kappa shape index (κ2) is 8.01. The van der Waals surface area contributed by atoms with Crippen molar-refractivity contribution < 1.29 is 19.1 Å². The van der Waals surface area contributed by atoms with Crippen LogP contribution in [0.2, 0.25) is 5.02 Å². The molecule has 1 aliphatic rings. The van der Waals surface area contributed by atoms with Crippen molar-refractivity contribution in [3.63, 3.8) is 0 Å². The third-order valence-electron chi connectivity index (χ3n) is 4.00. The molecule has 134 valence electrons. The molecule has 0 aromatic heterocycles. The standard InChI is InChI=1S/C19H17ClN2O4/c20-14-6-8-15(9-7-14)21-17(23)12-26-19(25)13-10-18(24)22(11-13)16-4-2-1-3-5-16/h1-9,13H,10-12H2,(H,21,23)/t13-/m0/s1. The monoisotopic (exact) mass is 372 g/mol. The van der Waals surface area contributed by atoms with Crippen LogP contribution in [0.1, 0.15) is 6.42 Å². The smallest absolute Gasteiger partial charge is 0.311 e. The van der Waals surface area contributed by atoms with E-state index in [0.29, 0.717) is 10.7 Å². The van der Waals surface area contributed by atoms with Crippen molar-refractivity contribution in [1.82, 2.24) is 0 Å². The number of hydrogen-bond acceptors (Lipinski definition) is 4. The van der Waals surface area contributed by atoms with Crippen LogP contribution < -0.4 is 10.2 Å². The molecule has 6 nitrogen and oxygen atoms in total. The summed E-state index contributed by atoms with van der Waals surface area (Å²) in [7, 11) is 0. The van der Waals surface area contributed by atoms with E-state index in [9.17, 15) is 14.4 Å². The lowest BCUT2D eigenvalue weighted by atomic mass is 10.1. The molecule has 7 heteroatoms.